The highest BCUT2D eigenvalue weighted by molar-refractivity contribution is 5.26. The summed E-state index contributed by atoms with van der Waals surface area (Å²) < 4.78 is 13.0. The molecule has 1 aliphatic heterocycles. The Bertz CT molecular complexity index is 384. The maximum absolute atomic E-state index is 13.0. The smallest absolute Gasteiger partial charge is 0.123 e. The van der Waals surface area contributed by atoms with E-state index in [0.717, 1.165) is 25.2 Å². The van der Waals surface area contributed by atoms with Gasteiger partial charge in [-0.05, 0) is 56.1 Å². The van der Waals surface area contributed by atoms with E-state index < -0.39 is 0 Å². The minimum atomic E-state index is -0.147. The van der Waals surface area contributed by atoms with Gasteiger partial charge >= 0.3 is 0 Å². The second-order valence-corrected chi connectivity index (χ2v) is 5.50. The van der Waals surface area contributed by atoms with Gasteiger partial charge in [-0.15, -0.1) is 0 Å². The number of nitrogens with zero attached hydrogens (tertiary/aromatic N) is 1. The van der Waals surface area contributed by atoms with Crippen LogP contribution in [0.15, 0.2) is 18.2 Å². The summed E-state index contributed by atoms with van der Waals surface area (Å²) >= 11 is 0. The van der Waals surface area contributed by atoms with E-state index in [1.807, 2.05) is 13.0 Å². The van der Waals surface area contributed by atoms with Gasteiger partial charge in [-0.25, -0.2) is 4.39 Å². The fourth-order valence-corrected chi connectivity index (χ4v) is 2.68. The van der Waals surface area contributed by atoms with Gasteiger partial charge in [0, 0.05) is 19.6 Å². The maximum Gasteiger partial charge on any atom is 0.123 e. The SMILES string of the molecule is Cc1cc(F)ccc1CNCCN1CCCCCC1. The van der Waals surface area contributed by atoms with Crippen LogP contribution in [-0.2, 0) is 6.54 Å². The Morgan fingerprint density at radius 2 is 1.89 bits per heavy atom. The standard InChI is InChI=1S/C16H25FN2/c1-14-12-16(17)7-6-15(14)13-18-8-11-19-9-4-2-3-5-10-19/h6-7,12,18H,2-5,8-11,13H2,1H3. The van der Waals surface area contributed by atoms with Crippen LogP contribution in [0, 0.1) is 12.7 Å². The maximum atomic E-state index is 13.0. The average molecular weight is 264 g/mol. The molecule has 3 heteroatoms. The molecule has 2 nitrogen and oxygen atoms in total. The van der Waals surface area contributed by atoms with Crippen molar-refractivity contribution >= 4 is 0 Å². The van der Waals surface area contributed by atoms with E-state index in [0.29, 0.717) is 0 Å². The molecule has 0 amide bonds. The second-order valence-electron chi connectivity index (χ2n) is 5.50. The molecule has 2 rings (SSSR count). The van der Waals surface area contributed by atoms with Crippen molar-refractivity contribution < 1.29 is 4.39 Å². The first-order valence-corrected chi connectivity index (χ1v) is 7.44. The van der Waals surface area contributed by atoms with Crippen LogP contribution in [-0.4, -0.2) is 31.1 Å². The predicted octanol–water partition coefficient (Wildman–Crippen LogP) is 3.10. The first-order chi connectivity index (χ1) is 9.25. The molecule has 1 heterocycles. The summed E-state index contributed by atoms with van der Waals surface area (Å²) in [6.45, 7) is 7.43. The highest BCUT2D eigenvalue weighted by Crippen LogP contribution is 2.10. The molecule has 0 spiro atoms. The lowest BCUT2D eigenvalue weighted by atomic mass is 10.1. The molecule has 19 heavy (non-hydrogen) atoms. The Balaban J connectivity index is 1.68. The Labute approximate surface area is 116 Å². The molecule has 0 unspecified atom stereocenters. The lowest BCUT2D eigenvalue weighted by Crippen LogP contribution is -2.32. The number of rotatable bonds is 5. The Morgan fingerprint density at radius 1 is 1.16 bits per heavy atom. The van der Waals surface area contributed by atoms with Crippen LogP contribution in [0.3, 0.4) is 0 Å². The zero-order chi connectivity index (χ0) is 13.5. The van der Waals surface area contributed by atoms with Crippen molar-refractivity contribution in [3.63, 3.8) is 0 Å². The lowest BCUT2D eigenvalue weighted by Gasteiger charge is -2.20. The molecule has 1 aromatic rings. The fourth-order valence-electron chi connectivity index (χ4n) is 2.68. The van der Waals surface area contributed by atoms with E-state index in [1.54, 1.807) is 12.1 Å². The van der Waals surface area contributed by atoms with Crippen molar-refractivity contribution in [3.05, 3.63) is 35.1 Å². The minimum Gasteiger partial charge on any atom is -0.311 e. The summed E-state index contributed by atoms with van der Waals surface area (Å²) in [4.78, 5) is 2.55. The Kier molecular flexibility index (Phi) is 5.80. The largest absolute Gasteiger partial charge is 0.311 e. The third-order valence-corrected chi connectivity index (χ3v) is 3.92. The molecule has 1 aliphatic rings. The van der Waals surface area contributed by atoms with Gasteiger partial charge in [0.05, 0.1) is 0 Å². The molecule has 0 aliphatic carbocycles. The third-order valence-electron chi connectivity index (χ3n) is 3.92. The van der Waals surface area contributed by atoms with Crippen molar-refractivity contribution in [2.75, 3.05) is 26.2 Å². The van der Waals surface area contributed by atoms with E-state index in [9.17, 15) is 4.39 Å². The zero-order valence-corrected chi connectivity index (χ0v) is 11.9. The highest BCUT2D eigenvalue weighted by Gasteiger charge is 2.08. The van der Waals surface area contributed by atoms with Crippen LogP contribution in [0.25, 0.3) is 0 Å². The van der Waals surface area contributed by atoms with Gasteiger partial charge in [0.15, 0.2) is 0 Å². The van der Waals surface area contributed by atoms with Gasteiger partial charge in [-0.3, -0.25) is 0 Å². The van der Waals surface area contributed by atoms with Gasteiger partial charge in [0.1, 0.15) is 5.82 Å². The van der Waals surface area contributed by atoms with Crippen molar-refractivity contribution in [2.24, 2.45) is 0 Å². The number of halogens is 1. The number of benzene rings is 1. The van der Waals surface area contributed by atoms with Gasteiger partial charge in [-0.1, -0.05) is 18.9 Å². The summed E-state index contributed by atoms with van der Waals surface area (Å²) in [7, 11) is 0. The second kappa shape index (κ2) is 7.61. The van der Waals surface area contributed by atoms with Crippen molar-refractivity contribution in [1.29, 1.82) is 0 Å². The van der Waals surface area contributed by atoms with Crippen LogP contribution in [0.4, 0.5) is 4.39 Å². The topological polar surface area (TPSA) is 15.3 Å². The summed E-state index contributed by atoms with van der Waals surface area (Å²) in [6, 6.07) is 5.02. The van der Waals surface area contributed by atoms with Crippen LogP contribution in [0.1, 0.15) is 36.8 Å². The molecular weight excluding hydrogens is 239 g/mol. The minimum absolute atomic E-state index is 0.147. The third kappa shape index (κ3) is 4.92. The first kappa shape index (κ1) is 14.5. The zero-order valence-electron chi connectivity index (χ0n) is 11.9. The lowest BCUT2D eigenvalue weighted by molar-refractivity contribution is 0.284. The van der Waals surface area contributed by atoms with Crippen LogP contribution < -0.4 is 5.32 Å². The number of hydrogen-bond donors (Lipinski definition) is 1. The Hall–Kier alpha value is -0.930. The predicted molar refractivity (Wildman–Crippen MR) is 77.8 cm³/mol. The van der Waals surface area contributed by atoms with E-state index in [4.69, 9.17) is 0 Å². The molecule has 0 radical (unpaired) electrons. The van der Waals surface area contributed by atoms with Gasteiger partial charge in [0.2, 0.25) is 0 Å². The summed E-state index contributed by atoms with van der Waals surface area (Å²) in [5, 5.41) is 3.47. The van der Waals surface area contributed by atoms with Gasteiger partial charge < -0.3 is 10.2 Å². The monoisotopic (exact) mass is 264 g/mol. The number of likely N-dealkylation sites (tertiary alicyclic amines) is 1. The first-order valence-electron chi connectivity index (χ1n) is 7.44. The van der Waals surface area contributed by atoms with Crippen LogP contribution >= 0.6 is 0 Å². The summed E-state index contributed by atoms with van der Waals surface area (Å²) in [6.07, 6.45) is 5.46. The molecule has 1 fully saturated rings. The van der Waals surface area contributed by atoms with Crippen molar-refractivity contribution in [2.45, 2.75) is 39.2 Å². The van der Waals surface area contributed by atoms with Crippen molar-refractivity contribution in [3.8, 4) is 0 Å². The quantitative estimate of drug-likeness (QED) is 0.822. The number of aryl methyl sites for hydroxylation is 1. The van der Waals surface area contributed by atoms with E-state index in [2.05, 4.69) is 10.2 Å². The van der Waals surface area contributed by atoms with E-state index in [-0.39, 0.29) is 5.82 Å². The fraction of sp³-hybridized carbons (Fsp3) is 0.625. The molecular formula is C16H25FN2. The van der Waals surface area contributed by atoms with Crippen LogP contribution in [0.5, 0.6) is 0 Å². The summed E-state index contributed by atoms with van der Waals surface area (Å²) in [5.74, 6) is -0.147. The number of nitrogens with one attached hydrogen (secondary N) is 1. The molecule has 0 bridgehead atoms. The molecule has 0 saturated carbocycles. The molecule has 106 valence electrons. The van der Waals surface area contributed by atoms with Gasteiger partial charge in [0.25, 0.3) is 0 Å². The van der Waals surface area contributed by atoms with Gasteiger partial charge in [-0.2, -0.15) is 0 Å². The van der Waals surface area contributed by atoms with E-state index >= 15 is 0 Å². The molecule has 0 atom stereocenters. The number of hydrogen-bond acceptors (Lipinski definition) is 2. The molecule has 1 N–H and O–H groups in total. The normalized spacial score (nSPS) is 17.4. The van der Waals surface area contributed by atoms with Crippen LogP contribution in [0.2, 0.25) is 0 Å². The highest BCUT2D eigenvalue weighted by atomic mass is 19.1. The average Bonchev–Trinajstić information content (AvgIpc) is 2.65. The molecule has 0 aromatic heterocycles. The van der Waals surface area contributed by atoms with E-state index in [1.165, 1.54) is 44.3 Å². The Morgan fingerprint density at radius 3 is 2.58 bits per heavy atom. The molecule has 1 saturated heterocycles. The molecule has 1 aromatic carbocycles. The summed E-state index contributed by atoms with van der Waals surface area (Å²) in [5.41, 5.74) is 2.22. The van der Waals surface area contributed by atoms with Crippen molar-refractivity contribution in [1.82, 2.24) is 10.2 Å².